The van der Waals surface area contributed by atoms with Crippen molar-refractivity contribution in [2.75, 3.05) is 13.2 Å². The van der Waals surface area contributed by atoms with Gasteiger partial charge in [0.1, 0.15) is 0 Å². The van der Waals surface area contributed by atoms with E-state index in [9.17, 15) is 0 Å². The molecule has 0 bridgehead atoms. The van der Waals surface area contributed by atoms with Gasteiger partial charge in [-0.15, -0.1) is 0 Å². The summed E-state index contributed by atoms with van der Waals surface area (Å²) in [6.07, 6.45) is 4.68. The van der Waals surface area contributed by atoms with E-state index in [1.54, 1.807) is 6.08 Å². The Bertz CT molecular complexity index is 157. The number of nitrogens with zero attached hydrogens (tertiary/aromatic N) is 1. The molecule has 2 heteroatoms. The van der Waals surface area contributed by atoms with E-state index in [1.807, 2.05) is 6.07 Å². The maximum absolute atomic E-state index is 8.34. The van der Waals surface area contributed by atoms with Crippen molar-refractivity contribution in [3.8, 4) is 6.07 Å². The molecule has 0 atom stereocenters. The molecule has 0 aromatic carbocycles. The Morgan fingerprint density at radius 1 is 1.40 bits per heavy atom. The van der Waals surface area contributed by atoms with Crippen LogP contribution in [0.4, 0.5) is 0 Å². The fourth-order valence-corrected chi connectivity index (χ4v) is 1.07. The minimum absolute atomic E-state index is 0.785. The highest BCUT2D eigenvalue weighted by molar-refractivity contribution is 5.13. The van der Waals surface area contributed by atoms with Crippen LogP contribution >= 0.6 is 0 Å². The van der Waals surface area contributed by atoms with E-state index in [1.165, 1.54) is 5.57 Å². The number of allylic oxidation sites excluding steroid dienone is 1. The third-order valence-corrected chi connectivity index (χ3v) is 1.62. The van der Waals surface area contributed by atoms with Gasteiger partial charge < -0.3 is 4.74 Å². The molecule has 1 aliphatic heterocycles. The number of hydrogen-bond donors (Lipinski definition) is 0. The Morgan fingerprint density at radius 3 is 3.10 bits per heavy atom. The molecule has 0 unspecified atom stereocenters. The fourth-order valence-electron chi connectivity index (χ4n) is 1.07. The van der Waals surface area contributed by atoms with Crippen LogP contribution in [0.25, 0.3) is 0 Å². The van der Waals surface area contributed by atoms with Gasteiger partial charge in [-0.3, -0.25) is 0 Å². The summed E-state index contributed by atoms with van der Waals surface area (Å²) in [5.41, 5.74) is 1.24. The molecule has 0 saturated carbocycles. The fraction of sp³-hybridized carbons (Fsp3) is 0.625. The van der Waals surface area contributed by atoms with Crippen LogP contribution in [0.1, 0.15) is 19.3 Å². The molecule has 1 aliphatic rings. The lowest BCUT2D eigenvalue weighted by Crippen LogP contribution is -1.89. The minimum Gasteiger partial charge on any atom is -0.381 e. The molecule has 1 fully saturated rings. The van der Waals surface area contributed by atoms with Crippen LogP contribution in [0.2, 0.25) is 0 Å². The number of hydrogen-bond acceptors (Lipinski definition) is 2. The normalized spacial score (nSPS) is 23.7. The van der Waals surface area contributed by atoms with Crippen LogP contribution in [0.3, 0.4) is 0 Å². The summed E-state index contributed by atoms with van der Waals surface area (Å²) in [5.74, 6) is 0. The van der Waals surface area contributed by atoms with Crippen LogP contribution in [0.5, 0.6) is 0 Å². The largest absolute Gasteiger partial charge is 0.381 e. The van der Waals surface area contributed by atoms with Crippen molar-refractivity contribution < 1.29 is 4.74 Å². The van der Waals surface area contributed by atoms with E-state index >= 15 is 0 Å². The van der Waals surface area contributed by atoms with Crippen LogP contribution in [-0.4, -0.2) is 13.2 Å². The Labute approximate surface area is 61.1 Å². The van der Waals surface area contributed by atoms with Gasteiger partial charge in [0.15, 0.2) is 0 Å². The van der Waals surface area contributed by atoms with Gasteiger partial charge >= 0.3 is 0 Å². The zero-order valence-electron chi connectivity index (χ0n) is 5.97. The standard InChI is InChI=1S/C8H11NO/c9-5-3-8-2-1-6-10-7-4-8/h3H,1-2,4,6-7H2. The lowest BCUT2D eigenvalue weighted by molar-refractivity contribution is 0.146. The summed E-state index contributed by atoms with van der Waals surface area (Å²) in [7, 11) is 0. The Hall–Kier alpha value is -0.810. The zero-order chi connectivity index (χ0) is 7.23. The first kappa shape index (κ1) is 7.30. The van der Waals surface area contributed by atoms with Crippen LogP contribution < -0.4 is 0 Å². The molecule has 0 spiro atoms. The molecule has 1 saturated heterocycles. The Balaban J connectivity index is 2.44. The molecule has 1 rings (SSSR count). The third-order valence-electron chi connectivity index (χ3n) is 1.62. The van der Waals surface area contributed by atoms with Crippen molar-refractivity contribution in [2.45, 2.75) is 19.3 Å². The van der Waals surface area contributed by atoms with Gasteiger partial charge in [0.05, 0.1) is 12.7 Å². The molecule has 0 aromatic rings. The highest BCUT2D eigenvalue weighted by Crippen LogP contribution is 2.13. The van der Waals surface area contributed by atoms with Crippen molar-refractivity contribution in [2.24, 2.45) is 0 Å². The third kappa shape index (κ3) is 2.20. The number of rotatable bonds is 0. The van der Waals surface area contributed by atoms with Gasteiger partial charge in [-0.1, -0.05) is 5.57 Å². The van der Waals surface area contributed by atoms with E-state index in [4.69, 9.17) is 10.00 Å². The molecule has 2 nitrogen and oxygen atoms in total. The number of ether oxygens (including phenoxy) is 1. The summed E-state index contributed by atoms with van der Waals surface area (Å²) in [6.45, 7) is 1.64. The molecule has 0 N–H and O–H groups in total. The average Bonchev–Trinajstić information content (AvgIpc) is 2.17. The molecule has 1 heterocycles. The molecule has 0 amide bonds. The van der Waals surface area contributed by atoms with E-state index < -0.39 is 0 Å². The van der Waals surface area contributed by atoms with Crippen molar-refractivity contribution in [3.05, 3.63) is 11.6 Å². The van der Waals surface area contributed by atoms with Gasteiger partial charge in [0.2, 0.25) is 0 Å². The maximum atomic E-state index is 8.34. The molecular weight excluding hydrogens is 126 g/mol. The van der Waals surface area contributed by atoms with E-state index in [-0.39, 0.29) is 0 Å². The SMILES string of the molecule is N#CC=C1CCCOCC1. The van der Waals surface area contributed by atoms with Crippen molar-refractivity contribution >= 4 is 0 Å². The topological polar surface area (TPSA) is 33.0 Å². The second-order valence-electron chi connectivity index (χ2n) is 2.40. The summed E-state index contributed by atoms with van der Waals surface area (Å²) in [6, 6.07) is 2.05. The lowest BCUT2D eigenvalue weighted by Gasteiger charge is -1.95. The monoisotopic (exact) mass is 137 g/mol. The quantitative estimate of drug-likeness (QED) is 0.475. The van der Waals surface area contributed by atoms with Crippen LogP contribution in [0, 0.1) is 11.3 Å². The van der Waals surface area contributed by atoms with Crippen molar-refractivity contribution in [3.63, 3.8) is 0 Å². The Morgan fingerprint density at radius 2 is 2.30 bits per heavy atom. The van der Waals surface area contributed by atoms with Gasteiger partial charge in [-0.25, -0.2) is 0 Å². The molecular formula is C8H11NO. The lowest BCUT2D eigenvalue weighted by atomic mass is 10.1. The van der Waals surface area contributed by atoms with Gasteiger partial charge in [0, 0.05) is 12.7 Å². The molecule has 0 radical (unpaired) electrons. The highest BCUT2D eigenvalue weighted by atomic mass is 16.5. The maximum Gasteiger partial charge on any atom is 0.0911 e. The average molecular weight is 137 g/mol. The van der Waals surface area contributed by atoms with Crippen molar-refractivity contribution in [1.29, 1.82) is 5.26 Å². The molecule has 54 valence electrons. The van der Waals surface area contributed by atoms with Gasteiger partial charge in [0.25, 0.3) is 0 Å². The van der Waals surface area contributed by atoms with Crippen LogP contribution in [-0.2, 0) is 4.74 Å². The first-order valence-electron chi connectivity index (χ1n) is 3.59. The first-order valence-corrected chi connectivity index (χ1v) is 3.59. The molecule has 10 heavy (non-hydrogen) atoms. The van der Waals surface area contributed by atoms with E-state index in [0.717, 1.165) is 32.5 Å². The first-order chi connectivity index (χ1) is 4.93. The molecule has 0 aromatic heterocycles. The second-order valence-corrected chi connectivity index (χ2v) is 2.40. The highest BCUT2D eigenvalue weighted by Gasteiger charge is 2.02. The predicted octanol–water partition coefficient (Wildman–Crippen LogP) is 1.64. The predicted molar refractivity (Wildman–Crippen MR) is 38.4 cm³/mol. The summed E-state index contributed by atoms with van der Waals surface area (Å²) in [4.78, 5) is 0. The summed E-state index contributed by atoms with van der Waals surface area (Å²) in [5, 5.41) is 8.34. The summed E-state index contributed by atoms with van der Waals surface area (Å²) < 4.78 is 5.22. The number of nitriles is 1. The molecule has 0 aliphatic carbocycles. The Kier molecular flexibility index (Phi) is 2.98. The van der Waals surface area contributed by atoms with Gasteiger partial charge in [-0.05, 0) is 19.3 Å². The van der Waals surface area contributed by atoms with Crippen molar-refractivity contribution in [1.82, 2.24) is 0 Å². The van der Waals surface area contributed by atoms with Crippen LogP contribution in [0.15, 0.2) is 11.6 Å². The van der Waals surface area contributed by atoms with E-state index in [0.29, 0.717) is 0 Å². The second kappa shape index (κ2) is 4.08. The summed E-state index contributed by atoms with van der Waals surface area (Å²) >= 11 is 0. The van der Waals surface area contributed by atoms with E-state index in [2.05, 4.69) is 0 Å². The zero-order valence-corrected chi connectivity index (χ0v) is 5.97. The minimum atomic E-state index is 0.785. The smallest absolute Gasteiger partial charge is 0.0911 e. The van der Waals surface area contributed by atoms with Gasteiger partial charge in [-0.2, -0.15) is 5.26 Å².